The maximum Gasteiger partial charge on any atom is 0.136 e. The molecule has 0 bridgehead atoms. The van der Waals surface area contributed by atoms with E-state index in [-0.39, 0.29) is 5.82 Å². The maximum absolute atomic E-state index is 13.4. The van der Waals surface area contributed by atoms with Crippen LogP contribution < -0.4 is 10.6 Å². The van der Waals surface area contributed by atoms with E-state index in [1.807, 2.05) is 51.2 Å². The fourth-order valence-corrected chi connectivity index (χ4v) is 4.11. The first-order chi connectivity index (χ1) is 17.4. The number of nitrogens with zero attached hydrogens (tertiary/aromatic N) is 4. The van der Waals surface area contributed by atoms with Crippen LogP contribution in [-0.4, -0.2) is 21.5 Å². The number of pyridine rings is 1. The van der Waals surface area contributed by atoms with E-state index in [2.05, 4.69) is 46.9 Å². The van der Waals surface area contributed by atoms with Gasteiger partial charge in [-0.3, -0.25) is 0 Å². The van der Waals surface area contributed by atoms with Gasteiger partial charge in [0.05, 0.1) is 0 Å². The third-order valence-electron chi connectivity index (χ3n) is 6.06. The minimum Gasteiger partial charge on any atom is -0.384 e. The van der Waals surface area contributed by atoms with Crippen LogP contribution >= 0.6 is 0 Å². The number of benzene rings is 2. The van der Waals surface area contributed by atoms with Gasteiger partial charge in [0.2, 0.25) is 0 Å². The van der Waals surface area contributed by atoms with Crippen molar-refractivity contribution in [1.29, 1.82) is 0 Å². The zero-order chi connectivity index (χ0) is 26.1. The van der Waals surface area contributed by atoms with Crippen LogP contribution in [0.3, 0.4) is 0 Å². The third kappa shape index (κ3) is 6.66. The Kier molecular flexibility index (Phi) is 9.51. The zero-order valence-corrected chi connectivity index (χ0v) is 21.9. The Balaban J connectivity index is 0.00000176. The van der Waals surface area contributed by atoms with Crippen LogP contribution in [0.2, 0.25) is 0 Å². The number of anilines is 2. The summed E-state index contributed by atoms with van der Waals surface area (Å²) in [4.78, 5) is 15.7. The molecule has 0 atom stereocenters. The Morgan fingerprint density at radius 1 is 0.889 bits per heavy atom. The molecular weight excluding hydrogens is 449 g/mol. The normalized spacial score (nSPS) is 10.5. The molecule has 2 aromatic carbocycles. The van der Waals surface area contributed by atoms with E-state index in [1.54, 1.807) is 6.33 Å². The van der Waals surface area contributed by atoms with Crippen molar-refractivity contribution in [3.05, 3.63) is 101 Å². The SMILES string of the molecule is CC.CCCN(Cc1cc(-c2ccc(N)nc2)ccc1C)c1ncnc(C)c1Cc1ccc(F)cc1. The monoisotopic (exact) mass is 485 g/mol. The molecule has 2 aromatic heterocycles. The van der Waals surface area contributed by atoms with Gasteiger partial charge in [-0.1, -0.05) is 45.0 Å². The molecule has 4 aromatic rings. The first-order valence-corrected chi connectivity index (χ1v) is 12.6. The predicted octanol–water partition coefficient (Wildman–Crippen LogP) is 6.91. The summed E-state index contributed by atoms with van der Waals surface area (Å²) < 4.78 is 13.4. The summed E-state index contributed by atoms with van der Waals surface area (Å²) in [6, 6.07) is 16.9. The second kappa shape index (κ2) is 12.8. The van der Waals surface area contributed by atoms with Gasteiger partial charge in [0.25, 0.3) is 0 Å². The first-order valence-electron chi connectivity index (χ1n) is 12.6. The molecule has 0 aliphatic heterocycles. The number of rotatable bonds is 8. The van der Waals surface area contributed by atoms with Gasteiger partial charge in [0, 0.05) is 42.5 Å². The molecule has 2 N–H and O–H groups in total. The molecule has 0 radical (unpaired) electrons. The summed E-state index contributed by atoms with van der Waals surface area (Å²) in [7, 11) is 0. The van der Waals surface area contributed by atoms with Gasteiger partial charge < -0.3 is 10.6 Å². The maximum atomic E-state index is 13.4. The summed E-state index contributed by atoms with van der Waals surface area (Å²) in [5.74, 6) is 1.21. The predicted molar refractivity (Wildman–Crippen MR) is 147 cm³/mol. The van der Waals surface area contributed by atoms with Gasteiger partial charge in [-0.25, -0.2) is 19.3 Å². The van der Waals surface area contributed by atoms with Crippen molar-refractivity contribution in [3.63, 3.8) is 0 Å². The molecule has 0 saturated carbocycles. The summed E-state index contributed by atoms with van der Waals surface area (Å²) in [6.45, 7) is 11.9. The van der Waals surface area contributed by atoms with Gasteiger partial charge in [-0.2, -0.15) is 0 Å². The number of nitrogen functional groups attached to an aromatic ring is 1. The molecule has 36 heavy (non-hydrogen) atoms. The van der Waals surface area contributed by atoms with Crippen molar-refractivity contribution in [2.75, 3.05) is 17.2 Å². The average Bonchev–Trinajstić information content (AvgIpc) is 2.89. The molecule has 0 saturated heterocycles. The van der Waals surface area contributed by atoms with Gasteiger partial charge in [-0.15, -0.1) is 0 Å². The van der Waals surface area contributed by atoms with Gasteiger partial charge in [-0.05, 0) is 72.9 Å². The van der Waals surface area contributed by atoms with E-state index in [1.165, 1.54) is 23.3 Å². The highest BCUT2D eigenvalue weighted by atomic mass is 19.1. The highest BCUT2D eigenvalue weighted by molar-refractivity contribution is 5.65. The van der Waals surface area contributed by atoms with Crippen molar-refractivity contribution in [1.82, 2.24) is 15.0 Å². The topological polar surface area (TPSA) is 67.9 Å². The molecule has 0 aliphatic rings. The van der Waals surface area contributed by atoms with Crippen LogP contribution in [-0.2, 0) is 13.0 Å². The van der Waals surface area contributed by atoms with Crippen LogP contribution in [0.15, 0.2) is 67.1 Å². The van der Waals surface area contributed by atoms with Crippen LogP contribution in [0.5, 0.6) is 0 Å². The molecule has 0 spiro atoms. The van der Waals surface area contributed by atoms with E-state index in [4.69, 9.17) is 10.7 Å². The lowest BCUT2D eigenvalue weighted by Gasteiger charge is -2.27. The lowest BCUT2D eigenvalue weighted by atomic mass is 9.99. The molecule has 188 valence electrons. The standard InChI is InChI=1S/C28H30FN5.C2H6/c1-4-13-34(17-24-15-22(8-5-19(24)2)23-9-12-27(30)31-16-23)28-26(20(3)32-18-33-28)14-21-6-10-25(29)11-7-21;1-2/h5-12,15-16,18H,4,13-14,17H2,1-3H3,(H2,30,31);1-2H3. The molecule has 2 heterocycles. The van der Waals surface area contributed by atoms with Crippen molar-refractivity contribution in [3.8, 4) is 11.1 Å². The van der Waals surface area contributed by atoms with E-state index in [0.29, 0.717) is 12.2 Å². The fourth-order valence-electron chi connectivity index (χ4n) is 4.11. The number of hydrogen-bond acceptors (Lipinski definition) is 5. The minimum atomic E-state index is -0.232. The van der Waals surface area contributed by atoms with Crippen molar-refractivity contribution in [2.24, 2.45) is 0 Å². The van der Waals surface area contributed by atoms with Gasteiger partial charge in [0.1, 0.15) is 23.8 Å². The largest absolute Gasteiger partial charge is 0.384 e. The highest BCUT2D eigenvalue weighted by Crippen LogP contribution is 2.28. The molecular formula is C30H36FN5. The van der Waals surface area contributed by atoms with Crippen LogP contribution in [0.4, 0.5) is 16.0 Å². The number of hydrogen-bond donors (Lipinski definition) is 1. The Labute approximate surface area is 214 Å². The minimum absolute atomic E-state index is 0.232. The van der Waals surface area contributed by atoms with Crippen molar-refractivity contribution < 1.29 is 4.39 Å². The number of nitrogens with two attached hydrogens (primary N) is 1. The van der Waals surface area contributed by atoms with E-state index in [0.717, 1.165) is 53.3 Å². The Morgan fingerprint density at radius 3 is 2.28 bits per heavy atom. The van der Waals surface area contributed by atoms with Crippen molar-refractivity contribution in [2.45, 2.75) is 54.0 Å². The Morgan fingerprint density at radius 2 is 1.61 bits per heavy atom. The summed E-state index contributed by atoms with van der Waals surface area (Å²) in [5, 5.41) is 0. The van der Waals surface area contributed by atoms with Crippen LogP contribution in [0.25, 0.3) is 11.1 Å². The fraction of sp³-hybridized carbons (Fsp3) is 0.300. The second-order valence-corrected chi connectivity index (χ2v) is 8.60. The Bertz CT molecular complexity index is 1250. The summed E-state index contributed by atoms with van der Waals surface area (Å²) in [6.07, 6.45) is 5.07. The quantitative estimate of drug-likeness (QED) is 0.294. The second-order valence-electron chi connectivity index (χ2n) is 8.60. The third-order valence-corrected chi connectivity index (χ3v) is 6.06. The number of aryl methyl sites for hydroxylation is 2. The molecule has 0 amide bonds. The molecule has 6 heteroatoms. The molecule has 5 nitrogen and oxygen atoms in total. The molecule has 4 rings (SSSR count). The van der Waals surface area contributed by atoms with E-state index < -0.39 is 0 Å². The molecule has 0 unspecified atom stereocenters. The lowest BCUT2D eigenvalue weighted by Crippen LogP contribution is -2.27. The Hall–Kier alpha value is -3.80. The van der Waals surface area contributed by atoms with Crippen LogP contribution in [0, 0.1) is 19.7 Å². The van der Waals surface area contributed by atoms with Crippen LogP contribution in [0.1, 0.15) is 55.1 Å². The van der Waals surface area contributed by atoms with Crippen molar-refractivity contribution >= 4 is 11.6 Å². The smallest absolute Gasteiger partial charge is 0.136 e. The van der Waals surface area contributed by atoms with E-state index in [9.17, 15) is 4.39 Å². The number of aromatic nitrogens is 3. The lowest BCUT2D eigenvalue weighted by molar-refractivity contribution is 0.627. The zero-order valence-electron chi connectivity index (χ0n) is 21.9. The highest BCUT2D eigenvalue weighted by Gasteiger charge is 2.17. The average molecular weight is 486 g/mol. The number of halogens is 1. The summed E-state index contributed by atoms with van der Waals surface area (Å²) in [5.41, 5.74) is 13.4. The summed E-state index contributed by atoms with van der Waals surface area (Å²) >= 11 is 0. The van der Waals surface area contributed by atoms with Gasteiger partial charge >= 0.3 is 0 Å². The van der Waals surface area contributed by atoms with Gasteiger partial charge in [0.15, 0.2) is 0 Å². The van der Waals surface area contributed by atoms with E-state index >= 15 is 0 Å². The molecule has 0 fully saturated rings. The first kappa shape index (κ1) is 26.8. The molecule has 0 aliphatic carbocycles.